The second kappa shape index (κ2) is 5.02. The molecule has 0 heterocycles. The Balaban J connectivity index is 2.07. The lowest BCUT2D eigenvalue weighted by molar-refractivity contribution is -0.274. The van der Waals surface area contributed by atoms with Gasteiger partial charge in [-0.15, -0.1) is 13.2 Å². The summed E-state index contributed by atoms with van der Waals surface area (Å²) in [7, 11) is 0. The standard InChI is InChI=1S/C13H16F3NO2/c1-12(18,8-17-10-5-6-10)9-3-2-4-11(7-9)19-13(14,15)16/h2-4,7,10,17-18H,5-6,8H2,1H3. The number of benzene rings is 1. The normalized spacial score (nSPS) is 19.0. The maximum absolute atomic E-state index is 12.1. The molecule has 3 nitrogen and oxygen atoms in total. The third-order valence-electron chi connectivity index (χ3n) is 3.00. The van der Waals surface area contributed by atoms with Crippen LogP contribution >= 0.6 is 0 Å². The number of aliphatic hydroxyl groups is 1. The van der Waals surface area contributed by atoms with Crippen molar-refractivity contribution in [1.82, 2.24) is 5.32 Å². The van der Waals surface area contributed by atoms with E-state index in [4.69, 9.17) is 0 Å². The summed E-state index contributed by atoms with van der Waals surface area (Å²) in [4.78, 5) is 0. The number of alkyl halides is 3. The van der Waals surface area contributed by atoms with Crippen molar-refractivity contribution in [3.8, 4) is 5.75 Å². The maximum Gasteiger partial charge on any atom is 0.573 e. The first-order valence-electron chi connectivity index (χ1n) is 6.08. The molecule has 0 radical (unpaired) electrons. The van der Waals surface area contributed by atoms with E-state index in [0.717, 1.165) is 12.8 Å². The van der Waals surface area contributed by atoms with Crippen molar-refractivity contribution < 1.29 is 23.0 Å². The molecule has 1 aromatic rings. The van der Waals surface area contributed by atoms with Crippen LogP contribution in [0.2, 0.25) is 0 Å². The molecule has 1 saturated carbocycles. The average molecular weight is 275 g/mol. The zero-order valence-corrected chi connectivity index (χ0v) is 10.5. The number of halogens is 3. The fourth-order valence-corrected chi connectivity index (χ4v) is 1.76. The molecule has 0 bridgehead atoms. The van der Waals surface area contributed by atoms with Crippen molar-refractivity contribution in [2.75, 3.05) is 6.54 Å². The lowest BCUT2D eigenvalue weighted by Crippen LogP contribution is -2.36. The predicted octanol–water partition coefficient (Wildman–Crippen LogP) is 2.54. The van der Waals surface area contributed by atoms with Gasteiger partial charge >= 0.3 is 6.36 Å². The Morgan fingerprint density at radius 1 is 1.37 bits per heavy atom. The summed E-state index contributed by atoms with van der Waals surface area (Å²) in [5.74, 6) is -0.323. The first-order valence-corrected chi connectivity index (χ1v) is 6.08. The van der Waals surface area contributed by atoms with Gasteiger partial charge in [0.15, 0.2) is 0 Å². The van der Waals surface area contributed by atoms with Crippen LogP contribution in [0.4, 0.5) is 13.2 Å². The largest absolute Gasteiger partial charge is 0.573 e. The van der Waals surface area contributed by atoms with E-state index in [-0.39, 0.29) is 5.75 Å². The van der Waals surface area contributed by atoms with Crippen LogP contribution in [0, 0.1) is 0 Å². The Hall–Kier alpha value is -1.27. The molecule has 1 atom stereocenters. The van der Waals surface area contributed by atoms with Crippen LogP contribution in [0.5, 0.6) is 5.75 Å². The molecule has 1 aliphatic carbocycles. The number of ether oxygens (including phenoxy) is 1. The van der Waals surface area contributed by atoms with E-state index in [1.54, 1.807) is 13.0 Å². The first kappa shape index (κ1) is 14.1. The van der Waals surface area contributed by atoms with Gasteiger partial charge in [-0.2, -0.15) is 0 Å². The average Bonchev–Trinajstić information content (AvgIpc) is 3.08. The molecule has 19 heavy (non-hydrogen) atoms. The maximum atomic E-state index is 12.1. The molecule has 0 spiro atoms. The topological polar surface area (TPSA) is 41.5 Å². The van der Waals surface area contributed by atoms with E-state index < -0.39 is 12.0 Å². The zero-order valence-electron chi connectivity index (χ0n) is 10.5. The monoisotopic (exact) mass is 275 g/mol. The third kappa shape index (κ3) is 4.40. The van der Waals surface area contributed by atoms with Gasteiger partial charge in [-0.25, -0.2) is 0 Å². The van der Waals surface area contributed by atoms with E-state index in [2.05, 4.69) is 10.1 Å². The van der Waals surface area contributed by atoms with Gasteiger partial charge in [0.1, 0.15) is 5.75 Å². The molecule has 6 heteroatoms. The Bertz CT molecular complexity index is 442. The molecule has 0 amide bonds. The van der Waals surface area contributed by atoms with Crippen LogP contribution in [0.3, 0.4) is 0 Å². The molecule has 1 unspecified atom stereocenters. The molecule has 0 aromatic heterocycles. The molecular formula is C13H16F3NO2. The van der Waals surface area contributed by atoms with Crippen LogP contribution < -0.4 is 10.1 Å². The molecule has 0 aliphatic heterocycles. The van der Waals surface area contributed by atoms with Crippen molar-refractivity contribution in [1.29, 1.82) is 0 Å². The third-order valence-corrected chi connectivity index (χ3v) is 3.00. The first-order chi connectivity index (χ1) is 8.76. The minimum Gasteiger partial charge on any atom is -0.406 e. The lowest BCUT2D eigenvalue weighted by Gasteiger charge is -2.25. The predicted molar refractivity (Wildman–Crippen MR) is 63.7 cm³/mol. The summed E-state index contributed by atoms with van der Waals surface area (Å²) in [5, 5.41) is 13.4. The van der Waals surface area contributed by atoms with Gasteiger partial charge in [0.25, 0.3) is 0 Å². The van der Waals surface area contributed by atoms with Crippen LogP contribution in [-0.2, 0) is 5.60 Å². The summed E-state index contributed by atoms with van der Waals surface area (Å²) >= 11 is 0. The van der Waals surface area contributed by atoms with Crippen LogP contribution in [0.25, 0.3) is 0 Å². The minimum atomic E-state index is -4.73. The molecule has 1 aromatic carbocycles. The molecular weight excluding hydrogens is 259 g/mol. The van der Waals surface area contributed by atoms with Gasteiger partial charge in [0.2, 0.25) is 0 Å². The highest BCUT2D eigenvalue weighted by Gasteiger charge is 2.32. The zero-order chi connectivity index (χ0) is 14.1. The number of nitrogens with one attached hydrogen (secondary N) is 1. The Morgan fingerprint density at radius 2 is 2.05 bits per heavy atom. The summed E-state index contributed by atoms with van der Waals surface area (Å²) < 4.78 is 40.2. The highest BCUT2D eigenvalue weighted by molar-refractivity contribution is 5.32. The van der Waals surface area contributed by atoms with E-state index in [1.165, 1.54) is 18.2 Å². The molecule has 2 N–H and O–H groups in total. The van der Waals surface area contributed by atoms with E-state index in [1.807, 2.05) is 0 Å². The molecule has 2 rings (SSSR count). The van der Waals surface area contributed by atoms with Gasteiger partial charge in [-0.1, -0.05) is 12.1 Å². The molecule has 0 saturated heterocycles. The van der Waals surface area contributed by atoms with Crippen molar-refractivity contribution in [3.05, 3.63) is 29.8 Å². The Morgan fingerprint density at radius 3 is 2.63 bits per heavy atom. The molecule has 1 aliphatic rings. The highest BCUT2D eigenvalue weighted by atomic mass is 19.4. The number of hydrogen-bond donors (Lipinski definition) is 2. The fourth-order valence-electron chi connectivity index (χ4n) is 1.76. The summed E-state index contributed by atoms with van der Waals surface area (Å²) in [6.07, 6.45) is -2.57. The van der Waals surface area contributed by atoms with Crippen molar-refractivity contribution >= 4 is 0 Å². The van der Waals surface area contributed by atoms with E-state index in [0.29, 0.717) is 18.2 Å². The Labute approximate surface area is 109 Å². The quantitative estimate of drug-likeness (QED) is 0.867. The second-order valence-electron chi connectivity index (χ2n) is 5.00. The smallest absolute Gasteiger partial charge is 0.406 e. The molecule has 106 valence electrons. The van der Waals surface area contributed by atoms with Gasteiger partial charge in [0.05, 0.1) is 5.60 Å². The minimum absolute atomic E-state index is 0.299. The SMILES string of the molecule is CC(O)(CNC1CC1)c1cccc(OC(F)(F)F)c1. The van der Waals surface area contributed by atoms with Crippen molar-refractivity contribution in [2.24, 2.45) is 0 Å². The van der Waals surface area contributed by atoms with Crippen molar-refractivity contribution in [3.63, 3.8) is 0 Å². The van der Waals surface area contributed by atoms with Crippen LogP contribution in [0.15, 0.2) is 24.3 Å². The van der Waals surface area contributed by atoms with Crippen molar-refractivity contribution in [2.45, 2.75) is 37.8 Å². The van der Waals surface area contributed by atoms with Crippen LogP contribution in [0.1, 0.15) is 25.3 Å². The Kier molecular flexibility index (Phi) is 3.73. The summed E-state index contributed by atoms with van der Waals surface area (Å²) in [5.41, 5.74) is -0.838. The summed E-state index contributed by atoms with van der Waals surface area (Å²) in [6.45, 7) is 1.86. The van der Waals surface area contributed by atoms with E-state index in [9.17, 15) is 18.3 Å². The highest BCUT2D eigenvalue weighted by Crippen LogP contribution is 2.28. The summed E-state index contributed by atoms with van der Waals surface area (Å²) in [6, 6.07) is 5.85. The van der Waals surface area contributed by atoms with Crippen LogP contribution in [-0.4, -0.2) is 24.1 Å². The lowest BCUT2D eigenvalue weighted by atomic mass is 9.96. The van der Waals surface area contributed by atoms with Gasteiger partial charge in [-0.05, 0) is 37.5 Å². The van der Waals surface area contributed by atoms with Gasteiger partial charge in [-0.3, -0.25) is 0 Å². The fraction of sp³-hybridized carbons (Fsp3) is 0.538. The number of hydrogen-bond acceptors (Lipinski definition) is 3. The molecule has 1 fully saturated rings. The van der Waals surface area contributed by atoms with E-state index >= 15 is 0 Å². The van der Waals surface area contributed by atoms with Gasteiger partial charge in [0, 0.05) is 12.6 Å². The number of rotatable bonds is 5. The van der Waals surface area contributed by atoms with Gasteiger partial charge < -0.3 is 15.2 Å². The second-order valence-corrected chi connectivity index (χ2v) is 5.00.